The van der Waals surface area contributed by atoms with Gasteiger partial charge in [-0.2, -0.15) is 0 Å². The summed E-state index contributed by atoms with van der Waals surface area (Å²) in [4.78, 5) is 8.81. The molecule has 0 amide bonds. The van der Waals surface area contributed by atoms with Crippen LogP contribution in [-0.4, -0.2) is 28.7 Å². The number of aromatic nitrogens is 2. The summed E-state index contributed by atoms with van der Waals surface area (Å²) < 4.78 is 5.66. The van der Waals surface area contributed by atoms with Crippen molar-refractivity contribution in [3.63, 3.8) is 0 Å². The van der Waals surface area contributed by atoms with Crippen molar-refractivity contribution in [2.75, 3.05) is 18.5 Å². The van der Waals surface area contributed by atoms with Crippen LogP contribution in [0.3, 0.4) is 0 Å². The lowest BCUT2D eigenvalue weighted by atomic mass is 10.1. The van der Waals surface area contributed by atoms with Crippen LogP contribution in [0.4, 0.5) is 5.82 Å². The molecule has 108 valence electrons. The Bertz CT molecular complexity index is 421. The Morgan fingerprint density at radius 2 is 1.95 bits per heavy atom. The van der Waals surface area contributed by atoms with E-state index in [4.69, 9.17) is 16.3 Å². The first-order valence-electron chi connectivity index (χ1n) is 6.80. The summed E-state index contributed by atoms with van der Waals surface area (Å²) in [5, 5.41) is 3.84. The zero-order valence-electron chi connectivity index (χ0n) is 12.5. The number of ether oxygens (including phenoxy) is 1. The maximum Gasteiger partial charge on any atom is 0.137 e. The fourth-order valence-electron chi connectivity index (χ4n) is 1.78. The van der Waals surface area contributed by atoms with Gasteiger partial charge in [0.2, 0.25) is 0 Å². The number of rotatable bonds is 7. The molecule has 0 aliphatic carbocycles. The van der Waals surface area contributed by atoms with Gasteiger partial charge in [-0.05, 0) is 34.1 Å². The molecule has 19 heavy (non-hydrogen) atoms. The van der Waals surface area contributed by atoms with Crippen molar-refractivity contribution in [1.29, 1.82) is 0 Å². The third-order valence-corrected chi connectivity index (χ3v) is 3.19. The zero-order chi connectivity index (χ0) is 14.5. The summed E-state index contributed by atoms with van der Waals surface area (Å²) in [6.45, 7) is 11.5. The highest BCUT2D eigenvalue weighted by atomic mass is 35.5. The van der Waals surface area contributed by atoms with Crippen LogP contribution >= 0.6 is 11.6 Å². The van der Waals surface area contributed by atoms with Gasteiger partial charge in [-0.1, -0.05) is 18.5 Å². The van der Waals surface area contributed by atoms with Gasteiger partial charge in [-0.15, -0.1) is 0 Å². The standard InChI is InChI=1S/C14H24ClN3O/c1-6-8-11-17-12(15)10(3)13(18-11)16-9-14(4,5)19-7-2/h6-9H2,1-5H3,(H,16,17,18). The van der Waals surface area contributed by atoms with Gasteiger partial charge in [0.25, 0.3) is 0 Å². The molecule has 4 nitrogen and oxygen atoms in total. The molecule has 0 unspecified atom stereocenters. The van der Waals surface area contributed by atoms with Crippen molar-refractivity contribution in [3.8, 4) is 0 Å². The van der Waals surface area contributed by atoms with Crippen molar-refractivity contribution in [3.05, 3.63) is 16.5 Å². The van der Waals surface area contributed by atoms with Crippen molar-refractivity contribution >= 4 is 17.4 Å². The van der Waals surface area contributed by atoms with E-state index >= 15 is 0 Å². The fraction of sp³-hybridized carbons (Fsp3) is 0.714. The summed E-state index contributed by atoms with van der Waals surface area (Å²) in [6, 6.07) is 0. The Morgan fingerprint density at radius 3 is 2.53 bits per heavy atom. The molecule has 1 N–H and O–H groups in total. The Balaban J connectivity index is 2.82. The van der Waals surface area contributed by atoms with Crippen LogP contribution in [0.2, 0.25) is 5.15 Å². The minimum atomic E-state index is -0.233. The molecule has 0 spiro atoms. The highest BCUT2D eigenvalue weighted by molar-refractivity contribution is 6.30. The number of hydrogen-bond acceptors (Lipinski definition) is 4. The minimum absolute atomic E-state index is 0.233. The molecule has 0 saturated carbocycles. The second kappa shape index (κ2) is 7.06. The third-order valence-electron chi connectivity index (χ3n) is 2.82. The van der Waals surface area contributed by atoms with Crippen molar-refractivity contribution < 1.29 is 4.74 Å². The van der Waals surface area contributed by atoms with E-state index in [1.807, 2.05) is 13.8 Å². The summed E-state index contributed by atoms with van der Waals surface area (Å²) in [7, 11) is 0. The summed E-state index contributed by atoms with van der Waals surface area (Å²) in [6.07, 6.45) is 1.84. The number of nitrogens with zero attached hydrogens (tertiary/aromatic N) is 2. The van der Waals surface area contributed by atoms with Gasteiger partial charge in [-0.25, -0.2) is 9.97 Å². The normalized spacial score (nSPS) is 11.7. The molecule has 0 saturated heterocycles. The van der Waals surface area contributed by atoms with E-state index in [0.29, 0.717) is 18.3 Å². The first-order valence-corrected chi connectivity index (χ1v) is 7.18. The summed E-state index contributed by atoms with van der Waals surface area (Å²) in [5.41, 5.74) is 0.651. The molecule has 0 bridgehead atoms. The van der Waals surface area contributed by atoms with E-state index in [1.54, 1.807) is 0 Å². The van der Waals surface area contributed by atoms with E-state index in [0.717, 1.165) is 30.0 Å². The van der Waals surface area contributed by atoms with Gasteiger partial charge in [-0.3, -0.25) is 0 Å². The van der Waals surface area contributed by atoms with Gasteiger partial charge < -0.3 is 10.1 Å². The predicted molar refractivity (Wildman–Crippen MR) is 80.0 cm³/mol. The van der Waals surface area contributed by atoms with Gasteiger partial charge in [0.1, 0.15) is 16.8 Å². The number of halogens is 1. The van der Waals surface area contributed by atoms with Crippen LogP contribution in [0.25, 0.3) is 0 Å². The third kappa shape index (κ3) is 4.96. The lowest BCUT2D eigenvalue weighted by molar-refractivity contribution is 0.000631. The Morgan fingerprint density at radius 1 is 1.26 bits per heavy atom. The average molecular weight is 286 g/mol. The number of anilines is 1. The Labute approximate surface area is 120 Å². The van der Waals surface area contributed by atoms with Gasteiger partial charge in [0, 0.05) is 25.1 Å². The van der Waals surface area contributed by atoms with E-state index in [1.165, 1.54) is 0 Å². The summed E-state index contributed by atoms with van der Waals surface area (Å²) >= 11 is 6.14. The lowest BCUT2D eigenvalue weighted by Gasteiger charge is -2.25. The molecule has 1 rings (SSSR count). The molecule has 0 atom stereocenters. The maximum absolute atomic E-state index is 6.14. The molecule has 5 heteroatoms. The molecule has 1 heterocycles. The van der Waals surface area contributed by atoms with E-state index in [9.17, 15) is 0 Å². The van der Waals surface area contributed by atoms with Crippen molar-refractivity contribution in [2.24, 2.45) is 0 Å². The largest absolute Gasteiger partial charge is 0.374 e. The molecular formula is C14H24ClN3O. The zero-order valence-corrected chi connectivity index (χ0v) is 13.3. The highest BCUT2D eigenvalue weighted by Gasteiger charge is 2.18. The molecule has 0 aliphatic rings. The van der Waals surface area contributed by atoms with Crippen LogP contribution in [-0.2, 0) is 11.2 Å². The molecular weight excluding hydrogens is 262 g/mol. The van der Waals surface area contributed by atoms with Gasteiger partial charge in [0.15, 0.2) is 0 Å². The van der Waals surface area contributed by atoms with E-state index < -0.39 is 0 Å². The number of hydrogen-bond donors (Lipinski definition) is 1. The smallest absolute Gasteiger partial charge is 0.137 e. The van der Waals surface area contributed by atoms with E-state index in [2.05, 4.69) is 36.1 Å². The molecule has 1 aromatic rings. The fourth-order valence-corrected chi connectivity index (χ4v) is 1.97. The van der Waals surface area contributed by atoms with Crippen LogP contribution in [0, 0.1) is 6.92 Å². The monoisotopic (exact) mass is 285 g/mol. The lowest BCUT2D eigenvalue weighted by Crippen LogP contribution is -2.33. The number of aryl methyl sites for hydroxylation is 1. The first kappa shape index (κ1) is 16.2. The molecule has 0 aromatic carbocycles. The topological polar surface area (TPSA) is 47.0 Å². The van der Waals surface area contributed by atoms with Crippen LogP contribution in [0.15, 0.2) is 0 Å². The van der Waals surface area contributed by atoms with Gasteiger partial charge in [0.05, 0.1) is 5.60 Å². The second-order valence-electron chi connectivity index (χ2n) is 5.20. The molecule has 0 fully saturated rings. The van der Waals surface area contributed by atoms with Crippen LogP contribution < -0.4 is 5.32 Å². The van der Waals surface area contributed by atoms with Crippen LogP contribution in [0.5, 0.6) is 0 Å². The maximum atomic E-state index is 6.14. The van der Waals surface area contributed by atoms with Crippen molar-refractivity contribution in [1.82, 2.24) is 9.97 Å². The Hall–Kier alpha value is -0.870. The predicted octanol–water partition coefficient (Wildman–Crippen LogP) is 3.62. The SMILES string of the molecule is CCCc1nc(Cl)c(C)c(NCC(C)(C)OCC)n1. The van der Waals surface area contributed by atoms with Crippen molar-refractivity contribution in [2.45, 2.75) is 53.1 Å². The van der Waals surface area contributed by atoms with Crippen LogP contribution in [0.1, 0.15) is 45.5 Å². The second-order valence-corrected chi connectivity index (χ2v) is 5.56. The molecule has 0 radical (unpaired) electrons. The highest BCUT2D eigenvalue weighted by Crippen LogP contribution is 2.21. The quantitative estimate of drug-likeness (QED) is 0.777. The minimum Gasteiger partial charge on any atom is -0.374 e. The molecule has 0 aliphatic heterocycles. The molecule has 1 aromatic heterocycles. The average Bonchev–Trinajstić information content (AvgIpc) is 2.32. The van der Waals surface area contributed by atoms with E-state index in [-0.39, 0.29) is 5.60 Å². The first-order chi connectivity index (χ1) is 8.89. The Kier molecular flexibility index (Phi) is 6.01. The summed E-state index contributed by atoms with van der Waals surface area (Å²) in [5.74, 6) is 1.59. The van der Waals surface area contributed by atoms with Gasteiger partial charge >= 0.3 is 0 Å². The number of nitrogens with one attached hydrogen (secondary N) is 1.